The van der Waals surface area contributed by atoms with E-state index in [9.17, 15) is 4.79 Å². The van der Waals surface area contributed by atoms with E-state index in [4.69, 9.17) is 20.9 Å². The second-order valence-electron chi connectivity index (χ2n) is 5.28. The molecule has 0 bridgehead atoms. The minimum absolute atomic E-state index is 0.0472. The molecule has 23 heavy (non-hydrogen) atoms. The third-order valence-corrected chi connectivity index (χ3v) is 4.28. The summed E-state index contributed by atoms with van der Waals surface area (Å²) < 4.78 is 10.3. The molecule has 0 aromatic carbocycles. The summed E-state index contributed by atoms with van der Waals surface area (Å²) in [5.41, 5.74) is 2.35. The molecule has 0 N–H and O–H groups in total. The predicted molar refractivity (Wildman–Crippen MR) is 82.0 cm³/mol. The summed E-state index contributed by atoms with van der Waals surface area (Å²) in [6.45, 7) is 2.06. The van der Waals surface area contributed by atoms with Crippen LogP contribution in [0.25, 0.3) is 17.5 Å². The SMILES string of the molecule is O=C(c1nc(-c2cnc3c(c2Cl)C=CC3)no1)N1CCOCC1. The van der Waals surface area contributed by atoms with E-state index >= 15 is 0 Å². The fourth-order valence-electron chi connectivity index (χ4n) is 2.64. The Bertz CT molecular complexity index is 796. The number of hydrogen-bond acceptors (Lipinski definition) is 6. The number of rotatable bonds is 2. The van der Waals surface area contributed by atoms with Gasteiger partial charge < -0.3 is 14.2 Å². The minimum atomic E-state index is -0.294. The van der Waals surface area contributed by atoms with Crippen LogP contribution < -0.4 is 0 Å². The monoisotopic (exact) mass is 332 g/mol. The number of aromatic nitrogens is 3. The molecule has 2 aliphatic rings. The molecule has 7 nitrogen and oxygen atoms in total. The lowest BCUT2D eigenvalue weighted by atomic mass is 10.1. The Hall–Kier alpha value is -2.25. The number of amides is 1. The van der Waals surface area contributed by atoms with Gasteiger partial charge >= 0.3 is 11.8 Å². The lowest BCUT2D eigenvalue weighted by Crippen LogP contribution is -2.40. The van der Waals surface area contributed by atoms with Crippen molar-refractivity contribution in [2.24, 2.45) is 0 Å². The lowest BCUT2D eigenvalue weighted by Gasteiger charge is -2.25. The highest BCUT2D eigenvalue weighted by Gasteiger charge is 2.25. The quantitative estimate of drug-likeness (QED) is 0.834. The fourth-order valence-corrected chi connectivity index (χ4v) is 2.94. The van der Waals surface area contributed by atoms with Gasteiger partial charge in [-0.2, -0.15) is 4.98 Å². The zero-order valence-electron chi connectivity index (χ0n) is 12.2. The Morgan fingerprint density at radius 3 is 2.96 bits per heavy atom. The normalized spacial score (nSPS) is 16.7. The van der Waals surface area contributed by atoms with Crippen molar-refractivity contribution in [3.8, 4) is 11.4 Å². The minimum Gasteiger partial charge on any atom is -0.378 e. The molecule has 0 atom stereocenters. The van der Waals surface area contributed by atoms with Crippen molar-refractivity contribution in [1.29, 1.82) is 0 Å². The summed E-state index contributed by atoms with van der Waals surface area (Å²) >= 11 is 6.40. The summed E-state index contributed by atoms with van der Waals surface area (Å²) in [7, 11) is 0. The first-order chi connectivity index (χ1) is 11.2. The first kappa shape index (κ1) is 14.3. The van der Waals surface area contributed by atoms with E-state index in [0.29, 0.717) is 36.9 Å². The molecule has 1 saturated heterocycles. The number of pyridine rings is 1. The number of nitrogens with zero attached hydrogens (tertiary/aromatic N) is 4. The van der Waals surface area contributed by atoms with Gasteiger partial charge in [0.15, 0.2) is 0 Å². The van der Waals surface area contributed by atoms with Crippen molar-refractivity contribution >= 4 is 23.6 Å². The molecule has 0 saturated carbocycles. The zero-order chi connectivity index (χ0) is 15.8. The van der Waals surface area contributed by atoms with Crippen LogP contribution in [0.2, 0.25) is 5.02 Å². The maximum Gasteiger partial charge on any atom is 0.316 e. The van der Waals surface area contributed by atoms with Crippen LogP contribution in [-0.4, -0.2) is 52.2 Å². The smallest absolute Gasteiger partial charge is 0.316 e. The third kappa shape index (κ3) is 2.51. The molecule has 118 valence electrons. The number of halogens is 1. The van der Waals surface area contributed by atoms with E-state index in [1.54, 1.807) is 11.1 Å². The average Bonchev–Trinajstić information content (AvgIpc) is 3.25. The Morgan fingerprint density at radius 2 is 2.13 bits per heavy atom. The molecule has 1 fully saturated rings. The lowest BCUT2D eigenvalue weighted by molar-refractivity contribution is 0.0272. The third-order valence-electron chi connectivity index (χ3n) is 3.88. The largest absolute Gasteiger partial charge is 0.378 e. The maximum atomic E-state index is 12.3. The second-order valence-corrected chi connectivity index (χ2v) is 5.66. The summed E-state index contributed by atoms with van der Waals surface area (Å²) in [5.74, 6) is -0.0756. The molecule has 1 aliphatic heterocycles. The second kappa shape index (κ2) is 5.75. The van der Waals surface area contributed by atoms with Gasteiger partial charge in [0.25, 0.3) is 0 Å². The van der Waals surface area contributed by atoms with Crippen LogP contribution in [0.4, 0.5) is 0 Å². The Balaban J connectivity index is 1.63. The van der Waals surface area contributed by atoms with Crippen LogP contribution in [0, 0.1) is 0 Å². The van der Waals surface area contributed by atoms with Gasteiger partial charge in [-0.05, 0) is 0 Å². The van der Waals surface area contributed by atoms with Gasteiger partial charge in [-0.25, -0.2) is 0 Å². The summed E-state index contributed by atoms with van der Waals surface area (Å²) in [4.78, 5) is 22.5. The van der Waals surface area contributed by atoms with Gasteiger partial charge in [0, 0.05) is 31.3 Å². The predicted octanol–water partition coefficient (Wildman–Crippen LogP) is 1.83. The van der Waals surface area contributed by atoms with E-state index in [-0.39, 0.29) is 17.6 Å². The number of fused-ring (bicyclic) bond motifs is 1. The first-order valence-electron chi connectivity index (χ1n) is 7.29. The van der Waals surface area contributed by atoms with Crippen molar-refractivity contribution in [3.05, 3.63) is 34.4 Å². The van der Waals surface area contributed by atoms with E-state index in [1.165, 1.54) is 0 Å². The maximum absolute atomic E-state index is 12.3. The van der Waals surface area contributed by atoms with Gasteiger partial charge in [-0.3, -0.25) is 9.78 Å². The van der Waals surface area contributed by atoms with Crippen LogP contribution in [0.3, 0.4) is 0 Å². The number of carbonyl (C=O) groups is 1. The highest BCUT2D eigenvalue weighted by molar-refractivity contribution is 6.34. The Morgan fingerprint density at radius 1 is 1.30 bits per heavy atom. The van der Waals surface area contributed by atoms with Gasteiger partial charge in [0.2, 0.25) is 5.82 Å². The van der Waals surface area contributed by atoms with Crippen molar-refractivity contribution in [3.63, 3.8) is 0 Å². The first-order valence-corrected chi connectivity index (χ1v) is 7.67. The molecule has 0 spiro atoms. The molecular formula is C15H13ClN4O3. The van der Waals surface area contributed by atoms with E-state index in [1.807, 2.05) is 12.2 Å². The van der Waals surface area contributed by atoms with E-state index in [2.05, 4.69) is 15.1 Å². The molecular weight excluding hydrogens is 320 g/mol. The van der Waals surface area contributed by atoms with Crippen molar-refractivity contribution < 1.29 is 14.1 Å². The molecule has 1 aliphatic carbocycles. The Kier molecular flexibility index (Phi) is 3.59. The van der Waals surface area contributed by atoms with Gasteiger partial charge in [0.05, 0.1) is 29.5 Å². The summed E-state index contributed by atoms with van der Waals surface area (Å²) in [6, 6.07) is 0. The average molecular weight is 333 g/mol. The van der Waals surface area contributed by atoms with E-state index < -0.39 is 0 Å². The zero-order valence-corrected chi connectivity index (χ0v) is 12.9. The van der Waals surface area contributed by atoms with Crippen LogP contribution in [0.5, 0.6) is 0 Å². The number of carbonyl (C=O) groups excluding carboxylic acids is 1. The molecule has 0 unspecified atom stereocenters. The molecule has 1 amide bonds. The molecule has 2 aromatic rings. The van der Waals surface area contributed by atoms with Gasteiger partial charge in [-0.15, -0.1) is 0 Å². The molecule has 2 aromatic heterocycles. The Labute approximate surface area is 136 Å². The summed E-state index contributed by atoms with van der Waals surface area (Å²) in [6.07, 6.45) is 6.30. The molecule has 8 heteroatoms. The highest BCUT2D eigenvalue weighted by Crippen LogP contribution is 2.33. The molecule has 0 radical (unpaired) electrons. The fraction of sp³-hybridized carbons (Fsp3) is 0.333. The van der Waals surface area contributed by atoms with E-state index in [0.717, 1.165) is 17.7 Å². The van der Waals surface area contributed by atoms with Crippen molar-refractivity contribution in [2.75, 3.05) is 26.3 Å². The van der Waals surface area contributed by atoms with Crippen LogP contribution in [0.15, 0.2) is 16.8 Å². The number of allylic oxidation sites excluding steroid dienone is 1. The van der Waals surface area contributed by atoms with Crippen molar-refractivity contribution in [1.82, 2.24) is 20.0 Å². The van der Waals surface area contributed by atoms with Crippen LogP contribution >= 0.6 is 11.6 Å². The number of hydrogen-bond donors (Lipinski definition) is 0. The standard InChI is InChI=1S/C15H13ClN4O3/c16-12-9-2-1-3-11(9)17-8-10(12)13-18-14(23-19-13)15(21)20-4-6-22-7-5-20/h1-2,8H,3-7H2. The number of morpholine rings is 1. The molecule has 4 rings (SSSR count). The van der Waals surface area contributed by atoms with Gasteiger partial charge in [0.1, 0.15) is 0 Å². The summed E-state index contributed by atoms with van der Waals surface area (Å²) in [5, 5.41) is 4.40. The van der Waals surface area contributed by atoms with Gasteiger partial charge in [-0.1, -0.05) is 28.9 Å². The van der Waals surface area contributed by atoms with Crippen LogP contribution in [-0.2, 0) is 11.2 Å². The highest BCUT2D eigenvalue weighted by atomic mass is 35.5. The topological polar surface area (TPSA) is 81.3 Å². The molecule has 3 heterocycles. The van der Waals surface area contributed by atoms with Crippen molar-refractivity contribution in [2.45, 2.75) is 6.42 Å². The van der Waals surface area contributed by atoms with Crippen LogP contribution in [0.1, 0.15) is 21.9 Å². The number of ether oxygens (including phenoxy) is 1.